The quantitative estimate of drug-likeness (QED) is 0.361. The van der Waals surface area contributed by atoms with Gasteiger partial charge >= 0.3 is 5.97 Å². The molecule has 0 saturated carbocycles. The Bertz CT molecular complexity index is 403. The molecule has 1 N–H and O–H groups in total. The van der Waals surface area contributed by atoms with Crippen LogP contribution in [0.25, 0.3) is 0 Å². The number of aromatic nitrogens is 2. The van der Waals surface area contributed by atoms with Crippen molar-refractivity contribution in [2.45, 2.75) is 0 Å². The molecule has 0 aromatic carbocycles. The van der Waals surface area contributed by atoms with E-state index in [0.29, 0.717) is 24.8 Å². The van der Waals surface area contributed by atoms with E-state index in [1.807, 2.05) is 0 Å². The lowest BCUT2D eigenvalue weighted by Gasteiger charge is -2.13. The summed E-state index contributed by atoms with van der Waals surface area (Å²) >= 11 is 11.2. The molecule has 0 aliphatic rings. The molecule has 0 atom stereocenters. The number of H-pyrrole nitrogens is 1. The maximum Gasteiger partial charge on any atom is 0.358 e. The summed E-state index contributed by atoms with van der Waals surface area (Å²) in [5.74, 6) is 0.416. The Morgan fingerprint density at radius 1 is 1.50 bits per heavy atom. The van der Waals surface area contributed by atoms with E-state index in [4.69, 9.17) is 23.2 Å². The minimum absolute atomic E-state index is 0.151. The van der Waals surface area contributed by atoms with Crippen LogP contribution in [-0.2, 0) is 4.74 Å². The van der Waals surface area contributed by atoms with Gasteiger partial charge in [-0.1, -0.05) is 5.22 Å². The highest BCUT2D eigenvalue weighted by Crippen LogP contribution is 2.15. The van der Waals surface area contributed by atoms with Crippen molar-refractivity contribution >= 4 is 35.0 Å². The fourth-order valence-corrected chi connectivity index (χ4v) is 1.51. The summed E-state index contributed by atoms with van der Waals surface area (Å²) in [4.78, 5) is 17.8. The third kappa shape index (κ3) is 4.15. The van der Waals surface area contributed by atoms with E-state index in [-0.39, 0.29) is 11.5 Å². The van der Waals surface area contributed by atoms with Crippen LogP contribution in [0.4, 0.5) is 5.82 Å². The molecule has 0 aliphatic heterocycles. The Morgan fingerprint density at radius 3 is 2.72 bits per heavy atom. The summed E-state index contributed by atoms with van der Waals surface area (Å²) in [5.41, 5.74) is 0.151. The average molecular weight is 294 g/mol. The van der Waals surface area contributed by atoms with Crippen molar-refractivity contribution in [2.75, 3.05) is 32.0 Å². The Kier molecular flexibility index (Phi) is 6.45. The van der Waals surface area contributed by atoms with E-state index < -0.39 is 5.97 Å². The summed E-state index contributed by atoms with van der Waals surface area (Å²) in [6, 6.07) is 0. The normalized spacial score (nSPS) is 10.8. The van der Waals surface area contributed by atoms with Gasteiger partial charge in [-0.25, -0.2) is 9.78 Å². The number of nitrogens with zero attached hydrogens (tertiary/aromatic N) is 4. The molecule has 0 spiro atoms. The Balaban J connectivity index is 2.75. The van der Waals surface area contributed by atoms with Gasteiger partial charge in [-0.15, -0.1) is 28.3 Å². The number of esters is 1. The fraction of sp³-hybridized carbons (Fsp3) is 0.556. The molecule has 0 amide bonds. The van der Waals surface area contributed by atoms with Gasteiger partial charge in [-0.2, -0.15) is 0 Å². The van der Waals surface area contributed by atoms with Gasteiger partial charge in [-0.05, 0) is 0 Å². The van der Waals surface area contributed by atoms with E-state index in [1.54, 1.807) is 5.01 Å². The number of carbonyl (C=O) groups excluding carboxylic acids is 1. The van der Waals surface area contributed by atoms with E-state index >= 15 is 0 Å². The molecule has 0 fully saturated rings. The molecule has 9 heteroatoms. The second kappa shape index (κ2) is 7.88. The summed E-state index contributed by atoms with van der Waals surface area (Å²) in [5, 5.41) is 9.38. The summed E-state index contributed by atoms with van der Waals surface area (Å²) in [7, 11) is 1.28. The van der Waals surface area contributed by atoms with Crippen LogP contribution in [0.5, 0.6) is 0 Å². The number of imidazole rings is 1. The number of hydrogen-bond donors (Lipinski definition) is 1. The lowest BCUT2D eigenvalue weighted by atomic mass is 10.4. The number of carbonyl (C=O) groups is 1. The zero-order valence-electron chi connectivity index (χ0n) is 9.77. The zero-order valence-corrected chi connectivity index (χ0v) is 11.3. The molecule has 0 radical (unpaired) electrons. The van der Waals surface area contributed by atoms with Crippen molar-refractivity contribution in [1.82, 2.24) is 15.0 Å². The highest BCUT2D eigenvalue weighted by atomic mass is 35.5. The Labute approximate surface area is 114 Å². The number of nitrogens with one attached hydrogen (secondary N) is 1. The maximum absolute atomic E-state index is 11.3. The molecule has 0 aliphatic carbocycles. The summed E-state index contributed by atoms with van der Waals surface area (Å²) < 4.78 is 4.57. The summed E-state index contributed by atoms with van der Waals surface area (Å²) in [6.07, 6.45) is 1.34. The van der Waals surface area contributed by atoms with E-state index in [2.05, 4.69) is 25.0 Å². The van der Waals surface area contributed by atoms with Crippen LogP contribution in [-0.4, -0.2) is 52.9 Å². The van der Waals surface area contributed by atoms with E-state index in [9.17, 15) is 4.79 Å². The molecule has 100 valence electrons. The van der Waals surface area contributed by atoms with Crippen molar-refractivity contribution in [3.05, 3.63) is 12.0 Å². The standard InChI is InChI=1S/C9H13Cl2N5O2/c1-18-9(17)7-8(13-6-12-7)14-15-16(4-2-10)5-3-11/h6H,2-5H2,1H3,(H,12,13)/b15-14+. The molecule has 0 bridgehead atoms. The first-order valence-corrected chi connectivity index (χ1v) is 6.20. The molecule has 0 saturated heterocycles. The van der Waals surface area contributed by atoms with Crippen molar-refractivity contribution in [3.63, 3.8) is 0 Å². The largest absolute Gasteiger partial charge is 0.464 e. The van der Waals surface area contributed by atoms with Gasteiger partial charge in [0.1, 0.15) is 0 Å². The number of hydrogen-bond acceptors (Lipinski definition) is 5. The molecule has 7 nitrogen and oxygen atoms in total. The van der Waals surface area contributed by atoms with Crippen LogP contribution < -0.4 is 0 Å². The zero-order chi connectivity index (χ0) is 13.4. The lowest BCUT2D eigenvalue weighted by Crippen LogP contribution is -2.21. The van der Waals surface area contributed by atoms with Gasteiger partial charge in [0, 0.05) is 11.8 Å². The number of ether oxygens (including phenoxy) is 1. The summed E-state index contributed by atoms with van der Waals surface area (Å²) in [6.45, 7) is 1.02. The molecule has 0 unspecified atom stereocenters. The van der Waals surface area contributed by atoms with Gasteiger partial charge in [0.25, 0.3) is 0 Å². The van der Waals surface area contributed by atoms with Crippen molar-refractivity contribution in [3.8, 4) is 0 Å². The second-order valence-electron chi connectivity index (χ2n) is 3.11. The number of aromatic amines is 1. The van der Waals surface area contributed by atoms with Crippen LogP contribution >= 0.6 is 23.2 Å². The number of rotatable bonds is 7. The van der Waals surface area contributed by atoms with Crippen molar-refractivity contribution in [2.24, 2.45) is 10.3 Å². The van der Waals surface area contributed by atoms with E-state index in [0.717, 1.165) is 0 Å². The van der Waals surface area contributed by atoms with Gasteiger partial charge in [0.2, 0.25) is 5.82 Å². The SMILES string of the molecule is COC(=O)c1[nH]cnc1/N=N/N(CCCl)CCCl. The minimum Gasteiger partial charge on any atom is -0.464 e. The predicted molar refractivity (Wildman–Crippen MR) is 67.5 cm³/mol. The van der Waals surface area contributed by atoms with Crippen LogP contribution in [0.3, 0.4) is 0 Å². The monoisotopic (exact) mass is 293 g/mol. The van der Waals surface area contributed by atoms with Crippen molar-refractivity contribution in [1.29, 1.82) is 0 Å². The topological polar surface area (TPSA) is 82.9 Å². The Morgan fingerprint density at radius 2 is 2.17 bits per heavy atom. The first-order chi connectivity index (χ1) is 8.72. The molecular weight excluding hydrogens is 281 g/mol. The minimum atomic E-state index is -0.553. The first-order valence-electron chi connectivity index (χ1n) is 5.13. The van der Waals surface area contributed by atoms with Gasteiger partial charge < -0.3 is 9.72 Å². The number of alkyl halides is 2. The van der Waals surface area contributed by atoms with Gasteiger partial charge in [0.15, 0.2) is 5.69 Å². The molecule has 1 heterocycles. The third-order valence-corrected chi connectivity index (χ3v) is 2.30. The van der Waals surface area contributed by atoms with Crippen LogP contribution in [0.15, 0.2) is 16.7 Å². The molecular formula is C9H13Cl2N5O2. The molecule has 1 rings (SSSR count). The average Bonchev–Trinajstić information content (AvgIpc) is 2.84. The fourth-order valence-electron chi connectivity index (χ4n) is 1.12. The molecule has 18 heavy (non-hydrogen) atoms. The smallest absolute Gasteiger partial charge is 0.358 e. The van der Waals surface area contributed by atoms with Crippen LogP contribution in [0.2, 0.25) is 0 Å². The Hall–Kier alpha value is -1.34. The molecule has 1 aromatic heterocycles. The van der Waals surface area contributed by atoms with Crippen LogP contribution in [0, 0.1) is 0 Å². The number of halogens is 2. The lowest BCUT2D eigenvalue weighted by molar-refractivity contribution is 0.0595. The van der Waals surface area contributed by atoms with Crippen molar-refractivity contribution < 1.29 is 9.53 Å². The first kappa shape index (κ1) is 14.7. The highest BCUT2D eigenvalue weighted by Gasteiger charge is 2.14. The molecule has 1 aromatic rings. The highest BCUT2D eigenvalue weighted by molar-refractivity contribution is 6.18. The maximum atomic E-state index is 11.3. The van der Waals surface area contributed by atoms with Gasteiger partial charge in [-0.3, -0.25) is 5.01 Å². The predicted octanol–water partition coefficient (Wildman–Crippen LogP) is 1.97. The second-order valence-corrected chi connectivity index (χ2v) is 3.87. The number of methoxy groups -OCH3 is 1. The van der Waals surface area contributed by atoms with Gasteiger partial charge in [0.05, 0.1) is 26.5 Å². The third-order valence-electron chi connectivity index (χ3n) is 1.96. The van der Waals surface area contributed by atoms with Crippen LogP contribution in [0.1, 0.15) is 10.5 Å². The van der Waals surface area contributed by atoms with E-state index in [1.165, 1.54) is 13.4 Å².